The van der Waals surface area contributed by atoms with E-state index in [9.17, 15) is 18.4 Å². The topological polar surface area (TPSA) is 67.4 Å². The zero-order valence-electron chi connectivity index (χ0n) is 20.0. The third-order valence-corrected chi connectivity index (χ3v) is 6.48. The molecule has 37 heavy (non-hydrogen) atoms. The second kappa shape index (κ2) is 10.2. The summed E-state index contributed by atoms with van der Waals surface area (Å²) in [6, 6.07) is 24.9. The van der Waals surface area contributed by atoms with Crippen LogP contribution in [0.25, 0.3) is 11.1 Å². The Kier molecular flexibility index (Phi) is 6.68. The van der Waals surface area contributed by atoms with Gasteiger partial charge in [-0.05, 0) is 59.2 Å². The monoisotopic (exact) mass is 498 g/mol. The lowest BCUT2D eigenvalue weighted by atomic mass is 9.88. The third kappa shape index (κ3) is 4.93. The average Bonchev–Trinajstić information content (AvgIpc) is 3.31. The van der Waals surface area contributed by atoms with E-state index in [0.717, 1.165) is 11.1 Å². The number of carbonyl (C=O) groups is 2. The van der Waals surface area contributed by atoms with Crippen molar-refractivity contribution >= 4 is 11.8 Å². The Morgan fingerprint density at radius 3 is 2.38 bits per heavy atom. The molecule has 0 radical (unpaired) electrons. The predicted molar refractivity (Wildman–Crippen MR) is 136 cm³/mol. The molecule has 7 heteroatoms. The molecular formula is C30H24F2N2O3. The van der Waals surface area contributed by atoms with Gasteiger partial charge in [0, 0.05) is 30.3 Å². The molecule has 5 nitrogen and oxygen atoms in total. The standard InChI is InChI=1S/C30H24F2N2O3/c1-33-30(36)27-24-16-20(11-14-26(24)37-28(27)18-9-12-23(31)13-10-18)19-6-4-7-21(15-19)29(35)34-17-22-5-2-3-8-25(22)32/h2-16,27-28H,17H2,1H3,(H,33,36)(H,34,35). The van der Waals surface area contributed by atoms with Gasteiger partial charge in [-0.25, -0.2) is 8.78 Å². The molecule has 4 aromatic carbocycles. The van der Waals surface area contributed by atoms with Gasteiger partial charge >= 0.3 is 0 Å². The van der Waals surface area contributed by atoms with Crippen molar-refractivity contribution in [2.75, 3.05) is 7.05 Å². The molecule has 2 atom stereocenters. The summed E-state index contributed by atoms with van der Waals surface area (Å²) in [5.41, 5.74) is 3.82. The Morgan fingerprint density at radius 2 is 1.62 bits per heavy atom. The Labute approximate surface area is 213 Å². The van der Waals surface area contributed by atoms with Crippen LogP contribution in [0.2, 0.25) is 0 Å². The Balaban J connectivity index is 1.41. The summed E-state index contributed by atoms with van der Waals surface area (Å²) in [7, 11) is 1.56. The van der Waals surface area contributed by atoms with Crippen LogP contribution in [0, 0.1) is 11.6 Å². The van der Waals surface area contributed by atoms with Crippen LogP contribution >= 0.6 is 0 Å². The molecule has 0 spiro atoms. The van der Waals surface area contributed by atoms with E-state index >= 15 is 0 Å². The van der Waals surface area contributed by atoms with Gasteiger partial charge in [0.1, 0.15) is 29.4 Å². The molecule has 4 aromatic rings. The summed E-state index contributed by atoms with van der Waals surface area (Å²) < 4.78 is 33.5. The highest BCUT2D eigenvalue weighted by molar-refractivity contribution is 5.95. The average molecular weight is 499 g/mol. The number of carbonyl (C=O) groups excluding carboxylic acids is 2. The van der Waals surface area contributed by atoms with E-state index in [0.29, 0.717) is 28.0 Å². The van der Waals surface area contributed by atoms with Crippen LogP contribution in [0.15, 0.2) is 91.0 Å². The van der Waals surface area contributed by atoms with Crippen molar-refractivity contribution in [2.24, 2.45) is 0 Å². The second-order valence-electron chi connectivity index (χ2n) is 8.79. The molecule has 1 aliphatic heterocycles. The van der Waals surface area contributed by atoms with E-state index < -0.39 is 12.0 Å². The minimum atomic E-state index is -0.627. The number of hydrogen-bond acceptors (Lipinski definition) is 3. The largest absolute Gasteiger partial charge is 0.484 e. The SMILES string of the molecule is CNC(=O)C1c2cc(-c3cccc(C(=O)NCc4ccccc4F)c3)ccc2OC1c1ccc(F)cc1. The summed E-state index contributed by atoms with van der Waals surface area (Å²) in [6.07, 6.45) is -0.596. The van der Waals surface area contributed by atoms with Crippen LogP contribution in [0.3, 0.4) is 0 Å². The molecule has 1 aliphatic rings. The molecule has 0 aliphatic carbocycles. The Hall–Kier alpha value is -4.52. The number of halogens is 2. The van der Waals surface area contributed by atoms with Crippen LogP contribution in [0.5, 0.6) is 5.75 Å². The maximum absolute atomic E-state index is 13.9. The van der Waals surface area contributed by atoms with E-state index in [1.807, 2.05) is 18.2 Å². The lowest BCUT2D eigenvalue weighted by Gasteiger charge is -2.18. The first-order chi connectivity index (χ1) is 17.9. The summed E-state index contributed by atoms with van der Waals surface area (Å²) in [5.74, 6) is -1.33. The van der Waals surface area contributed by atoms with Gasteiger partial charge in [0.05, 0.1) is 0 Å². The van der Waals surface area contributed by atoms with Crippen LogP contribution in [0.1, 0.15) is 39.1 Å². The van der Waals surface area contributed by atoms with Gasteiger partial charge in [-0.1, -0.05) is 48.5 Å². The van der Waals surface area contributed by atoms with Crippen molar-refractivity contribution in [1.29, 1.82) is 0 Å². The summed E-state index contributed by atoms with van der Waals surface area (Å²) in [5, 5.41) is 5.46. The number of ether oxygens (including phenoxy) is 1. The van der Waals surface area contributed by atoms with Gasteiger partial charge in [-0.15, -0.1) is 0 Å². The molecule has 2 N–H and O–H groups in total. The summed E-state index contributed by atoms with van der Waals surface area (Å²) in [6.45, 7) is 0.0739. The van der Waals surface area contributed by atoms with Crippen molar-refractivity contribution in [2.45, 2.75) is 18.6 Å². The van der Waals surface area contributed by atoms with E-state index in [1.165, 1.54) is 18.2 Å². The van der Waals surface area contributed by atoms with Gasteiger partial charge in [-0.2, -0.15) is 0 Å². The highest BCUT2D eigenvalue weighted by Gasteiger charge is 2.40. The van der Waals surface area contributed by atoms with Gasteiger partial charge in [0.25, 0.3) is 5.91 Å². The molecular weight excluding hydrogens is 474 g/mol. The molecule has 0 fully saturated rings. The van der Waals surface area contributed by atoms with Crippen LogP contribution in [-0.4, -0.2) is 18.9 Å². The molecule has 0 saturated heterocycles. The predicted octanol–water partition coefficient (Wildman–Crippen LogP) is 5.53. The zero-order valence-corrected chi connectivity index (χ0v) is 20.0. The fourth-order valence-corrected chi connectivity index (χ4v) is 4.55. The normalized spacial score (nSPS) is 16.0. The number of likely N-dealkylation sites (N-methyl/N-ethyl adjacent to an activating group) is 1. The number of rotatable bonds is 6. The van der Waals surface area contributed by atoms with E-state index in [4.69, 9.17) is 4.74 Å². The summed E-state index contributed by atoms with van der Waals surface area (Å²) >= 11 is 0. The fourth-order valence-electron chi connectivity index (χ4n) is 4.55. The smallest absolute Gasteiger partial charge is 0.251 e. The van der Waals surface area contributed by atoms with Crippen molar-refractivity contribution in [3.05, 3.63) is 125 Å². The molecule has 0 saturated carbocycles. The number of fused-ring (bicyclic) bond motifs is 1. The number of nitrogens with one attached hydrogen (secondary N) is 2. The number of amides is 2. The minimum Gasteiger partial charge on any atom is -0.484 e. The molecule has 5 rings (SSSR count). The first kappa shape index (κ1) is 24.2. The molecule has 2 unspecified atom stereocenters. The van der Waals surface area contributed by atoms with Crippen molar-refractivity contribution in [1.82, 2.24) is 10.6 Å². The maximum atomic E-state index is 13.9. The second-order valence-corrected chi connectivity index (χ2v) is 8.79. The lowest BCUT2D eigenvalue weighted by molar-refractivity contribution is -0.123. The fraction of sp³-hybridized carbons (Fsp3) is 0.133. The van der Waals surface area contributed by atoms with Gasteiger partial charge < -0.3 is 15.4 Å². The van der Waals surface area contributed by atoms with E-state index in [-0.39, 0.29) is 30.0 Å². The van der Waals surface area contributed by atoms with Crippen molar-refractivity contribution in [3.63, 3.8) is 0 Å². The molecule has 0 bridgehead atoms. The highest BCUT2D eigenvalue weighted by atomic mass is 19.1. The summed E-state index contributed by atoms with van der Waals surface area (Å²) in [4.78, 5) is 25.7. The zero-order chi connectivity index (χ0) is 25.9. The van der Waals surface area contributed by atoms with E-state index in [2.05, 4.69) is 10.6 Å². The number of benzene rings is 4. The molecule has 1 heterocycles. The van der Waals surface area contributed by atoms with Gasteiger partial charge in [0.2, 0.25) is 5.91 Å². The Bertz CT molecular complexity index is 1470. The first-order valence-electron chi connectivity index (χ1n) is 11.8. The number of hydrogen-bond donors (Lipinski definition) is 2. The van der Waals surface area contributed by atoms with Crippen LogP contribution in [0.4, 0.5) is 8.78 Å². The van der Waals surface area contributed by atoms with E-state index in [1.54, 1.807) is 61.6 Å². The highest BCUT2D eigenvalue weighted by Crippen LogP contribution is 2.47. The molecule has 186 valence electrons. The van der Waals surface area contributed by atoms with Crippen molar-refractivity contribution < 1.29 is 23.1 Å². The van der Waals surface area contributed by atoms with Crippen LogP contribution < -0.4 is 15.4 Å². The maximum Gasteiger partial charge on any atom is 0.251 e. The molecule has 0 aromatic heterocycles. The third-order valence-electron chi connectivity index (χ3n) is 6.48. The first-order valence-corrected chi connectivity index (χ1v) is 11.8. The quantitative estimate of drug-likeness (QED) is 0.368. The Morgan fingerprint density at radius 1 is 0.865 bits per heavy atom. The van der Waals surface area contributed by atoms with Gasteiger partial charge in [-0.3, -0.25) is 9.59 Å². The lowest BCUT2D eigenvalue weighted by Crippen LogP contribution is -2.28. The molecule has 2 amide bonds. The van der Waals surface area contributed by atoms with Gasteiger partial charge in [0.15, 0.2) is 0 Å². The van der Waals surface area contributed by atoms with Crippen molar-refractivity contribution in [3.8, 4) is 16.9 Å². The van der Waals surface area contributed by atoms with Crippen LogP contribution in [-0.2, 0) is 11.3 Å². The minimum absolute atomic E-state index is 0.0739.